The van der Waals surface area contributed by atoms with Crippen LogP contribution >= 0.6 is 11.6 Å². The summed E-state index contributed by atoms with van der Waals surface area (Å²) in [5.74, 6) is 0.352. The molecule has 1 aromatic carbocycles. The molecule has 2 aromatic heterocycles. The summed E-state index contributed by atoms with van der Waals surface area (Å²) in [7, 11) is -0.720. The molecule has 146 valence electrons. The summed E-state index contributed by atoms with van der Waals surface area (Å²) in [6.45, 7) is 0. The number of rotatable bonds is 6. The highest BCUT2D eigenvalue weighted by Crippen LogP contribution is 2.35. The summed E-state index contributed by atoms with van der Waals surface area (Å²) >= 11 is 6.40. The summed E-state index contributed by atoms with van der Waals surface area (Å²) in [6.07, 6.45) is 4.55. The number of sulfonamides is 1. The van der Waals surface area contributed by atoms with E-state index in [9.17, 15) is 8.42 Å². The Balaban J connectivity index is 1.78. The van der Waals surface area contributed by atoms with E-state index >= 15 is 0 Å². The number of nitrogens with zero attached hydrogens (tertiary/aromatic N) is 3. The molecule has 1 aliphatic carbocycles. The Morgan fingerprint density at radius 3 is 2.61 bits per heavy atom. The van der Waals surface area contributed by atoms with Crippen LogP contribution in [0, 0.1) is 0 Å². The molecular formula is C18H17ClN4O4S. The number of hydrogen-bond donors (Lipinski definition) is 1. The van der Waals surface area contributed by atoms with E-state index < -0.39 is 10.0 Å². The van der Waals surface area contributed by atoms with E-state index in [4.69, 9.17) is 21.1 Å². The largest absolute Gasteiger partial charge is 0.480 e. The SMILES string of the molecule is COc1ncc(-c2ccc3c(Cl)c(S(=O)(=O)NC4CC4)cnc3c2)c(OC)n1. The second-order valence-electron chi connectivity index (χ2n) is 6.34. The zero-order valence-corrected chi connectivity index (χ0v) is 16.7. The van der Waals surface area contributed by atoms with Crippen molar-refractivity contribution in [1.29, 1.82) is 0 Å². The standard InChI is InChI=1S/C18H17ClN4O4S/c1-26-17-13(8-21-18(22-17)27-2)10-3-6-12-14(7-10)20-9-15(16(12)19)28(24,25)23-11-4-5-11/h3,6-9,11,23H,4-5H2,1-2H3. The van der Waals surface area contributed by atoms with Crippen LogP contribution in [0.2, 0.25) is 5.02 Å². The lowest BCUT2D eigenvalue weighted by molar-refractivity contribution is 0.353. The lowest BCUT2D eigenvalue weighted by Gasteiger charge is -2.11. The second kappa shape index (κ2) is 7.16. The van der Waals surface area contributed by atoms with E-state index in [2.05, 4.69) is 19.7 Å². The Labute approximate surface area is 166 Å². The molecule has 4 rings (SSSR count). The van der Waals surface area contributed by atoms with Gasteiger partial charge in [0.1, 0.15) is 4.90 Å². The topological polar surface area (TPSA) is 103 Å². The van der Waals surface area contributed by atoms with Crippen molar-refractivity contribution in [2.75, 3.05) is 14.2 Å². The van der Waals surface area contributed by atoms with Crippen LogP contribution in [0.4, 0.5) is 0 Å². The summed E-state index contributed by atoms with van der Waals surface area (Å²) in [6, 6.07) is 5.47. The molecule has 0 aliphatic heterocycles. The molecule has 0 spiro atoms. The third kappa shape index (κ3) is 3.48. The van der Waals surface area contributed by atoms with Gasteiger partial charge in [0.15, 0.2) is 0 Å². The highest BCUT2D eigenvalue weighted by molar-refractivity contribution is 7.89. The van der Waals surface area contributed by atoms with Crippen molar-refractivity contribution in [2.45, 2.75) is 23.8 Å². The Bertz CT molecular complexity index is 1170. The van der Waals surface area contributed by atoms with Gasteiger partial charge in [0, 0.05) is 23.8 Å². The maximum Gasteiger partial charge on any atom is 0.319 e. The van der Waals surface area contributed by atoms with Gasteiger partial charge >= 0.3 is 6.01 Å². The predicted molar refractivity (Wildman–Crippen MR) is 104 cm³/mol. The average Bonchev–Trinajstić information content (AvgIpc) is 3.50. The van der Waals surface area contributed by atoms with E-state index in [1.165, 1.54) is 20.4 Å². The number of benzene rings is 1. The normalized spacial score (nSPS) is 14.2. The number of fused-ring (bicyclic) bond motifs is 1. The molecule has 1 saturated carbocycles. The van der Waals surface area contributed by atoms with Crippen LogP contribution < -0.4 is 14.2 Å². The van der Waals surface area contributed by atoms with Crippen molar-refractivity contribution >= 4 is 32.5 Å². The van der Waals surface area contributed by atoms with E-state index in [0.717, 1.165) is 18.4 Å². The number of methoxy groups -OCH3 is 2. The molecule has 10 heteroatoms. The van der Waals surface area contributed by atoms with Crippen molar-refractivity contribution in [1.82, 2.24) is 19.7 Å². The minimum absolute atomic E-state index is 0.0123. The molecule has 0 atom stereocenters. The first-order valence-corrected chi connectivity index (χ1v) is 10.3. The number of nitrogens with one attached hydrogen (secondary N) is 1. The van der Waals surface area contributed by atoms with E-state index in [1.54, 1.807) is 24.4 Å². The van der Waals surface area contributed by atoms with Gasteiger partial charge in [-0.15, -0.1) is 0 Å². The Hall–Kier alpha value is -2.49. The molecule has 0 saturated heterocycles. The monoisotopic (exact) mass is 420 g/mol. The molecule has 2 heterocycles. The highest BCUT2D eigenvalue weighted by Gasteiger charge is 2.30. The van der Waals surface area contributed by atoms with Gasteiger partial charge in [-0.1, -0.05) is 23.7 Å². The van der Waals surface area contributed by atoms with Gasteiger partial charge < -0.3 is 9.47 Å². The Kier molecular flexibility index (Phi) is 4.82. The number of halogens is 1. The summed E-state index contributed by atoms with van der Waals surface area (Å²) in [4.78, 5) is 12.6. The fourth-order valence-corrected chi connectivity index (χ4v) is 4.64. The van der Waals surface area contributed by atoms with Gasteiger partial charge in [-0.25, -0.2) is 18.1 Å². The minimum atomic E-state index is -3.70. The predicted octanol–water partition coefficient (Wildman–Crippen LogP) is 2.80. The molecule has 0 bridgehead atoms. The Morgan fingerprint density at radius 2 is 1.93 bits per heavy atom. The van der Waals surface area contributed by atoms with E-state index in [1.807, 2.05) is 0 Å². The van der Waals surface area contributed by atoms with Crippen molar-refractivity contribution in [3.8, 4) is 23.0 Å². The fourth-order valence-electron chi connectivity index (χ4n) is 2.78. The number of pyridine rings is 1. The molecule has 8 nitrogen and oxygen atoms in total. The number of aromatic nitrogens is 3. The lowest BCUT2D eigenvalue weighted by Crippen LogP contribution is -2.26. The van der Waals surface area contributed by atoms with Crippen molar-refractivity contribution < 1.29 is 17.9 Å². The molecule has 1 aliphatic rings. The van der Waals surface area contributed by atoms with Crippen LogP contribution in [0.25, 0.3) is 22.0 Å². The summed E-state index contributed by atoms with van der Waals surface area (Å²) in [5.41, 5.74) is 1.95. The van der Waals surface area contributed by atoms with Gasteiger partial charge in [-0.3, -0.25) is 4.98 Å². The van der Waals surface area contributed by atoms with Crippen molar-refractivity contribution in [3.05, 3.63) is 35.6 Å². The molecular weight excluding hydrogens is 404 g/mol. The molecule has 1 fully saturated rings. The first-order chi connectivity index (χ1) is 13.4. The third-order valence-electron chi connectivity index (χ3n) is 4.38. The summed E-state index contributed by atoms with van der Waals surface area (Å²) < 4.78 is 38.0. The van der Waals surface area contributed by atoms with Crippen LogP contribution in [0.3, 0.4) is 0 Å². The van der Waals surface area contributed by atoms with Crippen LogP contribution in [0.1, 0.15) is 12.8 Å². The molecule has 0 radical (unpaired) electrons. The molecule has 0 amide bonds. The van der Waals surface area contributed by atoms with Gasteiger partial charge in [-0.2, -0.15) is 4.98 Å². The maximum absolute atomic E-state index is 12.5. The molecule has 28 heavy (non-hydrogen) atoms. The second-order valence-corrected chi connectivity index (χ2v) is 8.40. The minimum Gasteiger partial charge on any atom is -0.480 e. The zero-order valence-electron chi connectivity index (χ0n) is 15.1. The third-order valence-corrected chi connectivity index (χ3v) is 6.43. The van der Waals surface area contributed by atoms with Crippen LogP contribution in [0.5, 0.6) is 11.9 Å². The van der Waals surface area contributed by atoms with Crippen LogP contribution in [-0.4, -0.2) is 43.6 Å². The lowest BCUT2D eigenvalue weighted by atomic mass is 10.1. The molecule has 3 aromatic rings. The zero-order chi connectivity index (χ0) is 19.9. The fraction of sp³-hybridized carbons (Fsp3) is 0.278. The van der Waals surface area contributed by atoms with Gasteiger partial charge in [0.25, 0.3) is 0 Å². The van der Waals surface area contributed by atoms with Gasteiger partial charge in [0.2, 0.25) is 15.9 Å². The molecule has 0 unspecified atom stereocenters. The van der Waals surface area contributed by atoms with Gasteiger partial charge in [0.05, 0.1) is 30.3 Å². The number of hydrogen-bond acceptors (Lipinski definition) is 7. The van der Waals surface area contributed by atoms with Crippen LogP contribution in [0.15, 0.2) is 35.5 Å². The van der Waals surface area contributed by atoms with Crippen LogP contribution in [-0.2, 0) is 10.0 Å². The van der Waals surface area contributed by atoms with E-state index in [-0.39, 0.29) is 22.0 Å². The highest BCUT2D eigenvalue weighted by atomic mass is 35.5. The first kappa shape index (κ1) is 18.9. The average molecular weight is 421 g/mol. The molecule has 1 N–H and O–H groups in total. The first-order valence-electron chi connectivity index (χ1n) is 8.49. The van der Waals surface area contributed by atoms with E-state index in [0.29, 0.717) is 22.3 Å². The quantitative estimate of drug-likeness (QED) is 0.653. The Morgan fingerprint density at radius 1 is 1.14 bits per heavy atom. The smallest absolute Gasteiger partial charge is 0.319 e. The van der Waals surface area contributed by atoms with Crippen molar-refractivity contribution in [3.63, 3.8) is 0 Å². The van der Waals surface area contributed by atoms with Crippen molar-refractivity contribution in [2.24, 2.45) is 0 Å². The summed E-state index contributed by atoms with van der Waals surface area (Å²) in [5, 5.41) is 0.681. The number of ether oxygens (including phenoxy) is 2. The maximum atomic E-state index is 12.5. The van der Waals surface area contributed by atoms with Gasteiger partial charge in [-0.05, 0) is 24.5 Å².